The number of likely N-dealkylation sites (tertiary alicyclic amines) is 1. The summed E-state index contributed by atoms with van der Waals surface area (Å²) in [7, 11) is 0. The molecule has 3 N–H and O–H groups in total. The van der Waals surface area contributed by atoms with Crippen molar-refractivity contribution in [1.82, 2.24) is 15.2 Å². The maximum atomic E-state index is 13.6. The second-order valence-corrected chi connectivity index (χ2v) is 9.44. The minimum Gasteiger partial charge on any atom is -0.399 e. The van der Waals surface area contributed by atoms with Gasteiger partial charge in [-0.05, 0) is 41.6 Å². The summed E-state index contributed by atoms with van der Waals surface area (Å²) in [4.78, 5) is 45.9. The van der Waals surface area contributed by atoms with E-state index in [1.54, 1.807) is 40.6 Å². The molecule has 3 unspecified atom stereocenters. The second kappa shape index (κ2) is 9.36. The molecule has 1 aromatic carbocycles. The SMILES string of the molecule is Nc1ccc(CC(NC(=O)c2cncc(-c3cccs3)c2)C(=O)N2CCC3OCC(=O)C32)cc1. The summed E-state index contributed by atoms with van der Waals surface area (Å²) < 4.78 is 5.53. The summed E-state index contributed by atoms with van der Waals surface area (Å²) in [5.41, 5.74) is 8.46. The number of anilines is 1. The molecule has 5 rings (SSSR count). The van der Waals surface area contributed by atoms with Gasteiger partial charge in [0.25, 0.3) is 5.91 Å². The van der Waals surface area contributed by atoms with Crippen LogP contribution in [0.2, 0.25) is 0 Å². The van der Waals surface area contributed by atoms with Crippen LogP contribution in [-0.4, -0.2) is 58.8 Å². The number of nitrogens with one attached hydrogen (secondary N) is 1. The summed E-state index contributed by atoms with van der Waals surface area (Å²) in [5, 5.41) is 4.85. The number of carbonyl (C=O) groups is 3. The smallest absolute Gasteiger partial charge is 0.253 e. The van der Waals surface area contributed by atoms with E-state index >= 15 is 0 Å². The first-order chi connectivity index (χ1) is 16.5. The van der Waals surface area contributed by atoms with Crippen molar-refractivity contribution in [3.05, 3.63) is 71.4 Å². The van der Waals surface area contributed by atoms with Gasteiger partial charge in [-0.1, -0.05) is 18.2 Å². The van der Waals surface area contributed by atoms with Crippen molar-refractivity contribution in [3.63, 3.8) is 0 Å². The predicted molar refractivity (Wildman–Crippen MR) is 128 cm³/mol. The fraction of sp³-hybridized carbons (Fsp3) is 0.280. The zero-order valence-electron chi connectivity index (χ0n) is 18.3. The van der Waals surface area contributed by atoms with Gasteiger partial charge < -0.3 is 20.7 Å². The molecular weight excluding hydrogens is 452 g/mol. The average molecular weight is 477 g/mol. The third-order valence-corrected chi connectivity index (χ3v) is 7.14. The van der Waals surface area contributed by atoms with Gasteiger partial charge in [0, 0.05) is 41.5 Å². The number of hydrogen-bond acceptors (Lipinski definition) is 7. The number of ketones is 1. The van der Waals surface area contributed by atoms with Crippen molar-refractivity contribution in [2.24, 2.45) is 0 Å². The highest BCUT2D eigenvalue weighted by Crippen LogP contribution is 2.28. The Morgan fingerprint density at radius 1 is 1.24 bits per heavy atom. The molecule has 34 heavy (non-hydrogen) atoms. The molecule has 4 heterocycles. The molecular formula is C25H24N4O4S. The Labute approximate surface area is 200 Å². The molecule has 2 aliphatic rings. The van der Waals surface area contributed by atoms with Gasteiger partial charge in [0.15, 0.2) is 5.78 Å². The van der Waals surface area contributed by atoms with Crippen molar-refractivity contribution in [3.8, 4) is 10.4 Å². The minimum atomic E-state index is -0.853. The maximum absolute atomic E-state index is 13.6. The van der Waals surface area contributed by atoms with Crippen LogP contribution in [0.3, 0.4) is 0 Å². The number of nitrogens with two attached hydrogens (primary N) is 1. The lowest BCUT2D eigenvalue weighted by molar-refractivity contribution is -0.138. The van der Waals surface area contributed by atoms with E-state index in [2.05, 4.69) is 10.3 Å². The summed E-state index contributed by atoms with van der Waals surface area (Å²) in [6, 6.07) is 11.4. The molecule has 0 aliphatic carbocycles. The number of nitrogen functional groups attached to an aromatic ring is 1. The Balaban J connectivity index is 1.39. The number of benzene rings is 1. The Morgan fingerprint density at radius 2 is 2.06 bits per heavy atom. The number of carbonyl (C=O) groups excluding carboxylic acids is 3. The number of ether oxygens (including phenoxy) is 1. The molecule has 9 heteroatoms. The topological polar surface area (TPSA) is 115 Å². The Hall–Kier alpha value is -3.56. The van der Waals surface area contributed by atoms with Crippen LogP contribution < -0.4 is 11.1 Å². The van der Waals surface area contributed by atoms with Crippen LogP contribution in [0.5, 0.6) is 0 Å². The van der Waals surface area contributed by atoms with Gasteiger partial charge in [0.2, 0.25) is 5.91 Å². The van der Waals surface area contributed by atoms with E-state index in [0.717, 1.165) is 16.0 Å². The summed E-state index contributed by atoms with van der Waals surface area (Å²) in [6.45, 7) is 0.443. The number of amides is 2. The lowest BCUT2D eigenvalue weighted by Crippen LogP contribution is -2.53. The molecule has 2 fully saturated rings. The number of pyridine rings is 1. The van der Waals surface area contributed by atoms with E-state index in [1.807, 2.05) is 29.6 Å². The van der Waals surface area contributed by atoms with E-state index < -0.39 is 18.0 Å². The monoisotopic (exact) mass is 476 g/mol. The third kappa shape index (κ3) is 4.44. The Kier molecular flexibility index (Phi) is 6.12. The fourth-order valence-corrected chi connectivity index (χ4v) is 5.22. The molecule has 2 saturated heterocycles. The van der Waals surface area contributed by atoms with E-state index in [9.17, 15) is 14.4 Å². The van der Waals surface area contributed by atoms with Gasteiger partial charge in [0.05, 0.1) is 11.7 Å². The van der Waals surface area contributed by atoms with E-state index in [0.29, 0.717) is 24.2 Å². The number of fused-ring (bicyclic) bond motifs is 1. The van der Waals surface area contributed by atoms with E-state index in [-0.39, 0.29) is 30.8 Å². The maximum Gasteiger partial charge on any atom is 0.253 e. The highest BCUT2D eigenvalue weighted by Gasteiger charge is 2.48. The van der Waals surface area contributed by atoms with Crippen LogP contribution in [0.1, 0.15) is 22.3 Å². The second-order valence-electron chi connectivity index (χ2n) is 8.49. The molecule has 3 atom stereocenters. The van der Waals surface area contributed by atoms with E-state index in [4.69, 9.17) is 10.5 Å². The molecule has 0 spiro atoms. The van der Waals surface area contributed by atoms with Crippen LogP contribution >= 0.6 is 11.3 Å². The summed E-state index contributed by atoms with van der Waals surface area (Å²) >= 11 is 1.56. The molecule has 2 aliphatic heterocycles. The van der Waals surface area contributed by atoms with Gasteiger partial charge in [-0.15, -0.1) is 11.3 Å². The average Bonchev–Trinajstić information content (AvgIpc) is 3.60. The lowest BCUT2D eigenvalue weighted by Gasteiger charge is -2.27. The van der Waals surface area contributed by atoms with Gasteiger partial charge in [-0.2, -0.15) is 0 Å². The van der Waals surface area contributed by atoms with Crippen LogP contribution in [0.15, 0.2) is 60.2 Å². The first-order valence-electron chi connectivity index (χ1n) is 11.1. The van der Waals surface area contributed by atoms with Crippen LogP contribution in [0.4, 0.5) is 5.69 Å². The normalized spacial score (nSPS) is 20.2. The van der Waals surface area contributed by atoms with Crippen LogP contribution in [0.25, 0.3) is 10.4 Å². The first kappa shape index (κ1) is 22.2. The van der Waals surface area contributed by atoms with Crippen LogP contribution in [0, 0.1) is 0 Å². The number of hydrogen-bond donors (Lipinski definition) is 2. The highest BCUT2D eigenvalue weighted by molar-refractivity contribution is 7.13. The van der Waals surface area contributed by atoms with Gasteiger partial charge in [-0.25, -0.2) is 0 Å². The molecule has 0 saturated carbocycles. The summed E-state index contributed by atoms with van der Waals surface area (Å²) in [6.07, 6.45) is 3.80. The predicted octanol–water partition coefficient (Wildman–Crippen LogP) is 2.30. The van der Waals surface area contributed by atoms with Crippen molar-refractivity contribution in [2.75, 3.05) is 18.9 Å². The zero-order chi connectivity index (χ0) is 23.7. The Bertz CT molecular complexity index is 1210. The van der Waals surface area contributed by atoms with Crippen LogP contribution in [-0.2, 0) is 20.7 Å². The van der Waals surface area contributed by atoms with Crippen molar-refractivity contribution in [1.29, 1.82) is 0 Å². The number of nitrogens with zero attached hydrogens (tertiary/aromatic N) is 2. The number of rotatable bonds is 6. The quantitative estimate of drug-likeness (QED) is 0.528. The third-order valence-electron chi connectivity index (χ3n) is 6.22. The van der Waals surface area contributed by atoms with Crippen molar-refractivity contribution < 1.29 is 19.1 Å². The molecule has 2 aromatic heterocycles. The Morgan fingerprint density at radius 3 is 2.82 bits per heavy atom. The minimum absolute atomic E-state index is 0.0231. The molecule has 174 valence electrons. The largest absolute Gasteiger partial charge is 0.399 e. The zero-order valence-corrected chi connectivity index (χ0v) is 19.2. The van der Waals surface area contributed by atoms with Crippen molar-refractivity contribution >= 4 is 34.6 Å². The molecule has 0 radical (unpaired) electrons. The standard InChI is InChI=1S/C25H24N4O4S/c26-18-5-3-15(4-6-18)10-19(25(32)29-8-7-21-23(29)20(30)14-33-21)28-24(31)17-11-16(12-27-13-17)22-2-1-9-34-22/h1-6,9,11-13,19,21,23H,7-8,10,14,26H2,(H,28,31). The van der Waals surface area contributed by atoms with Gasteiger partial charge in [-0.3, -0.25) is 19.4 Å². The number of Topliss-reactive ketones (excluding diaryl/α,β-unsaturated/α-hetero) is 1. The van der Waals surface area contributed by atoms with Gasteiger partial charge in [0.1, 0.15) is 18.7 Å². The van der Waals surface area contributed by atoms with E-state index in [1.165, 1.54) is 6.20 Å². The summed E-state index contributed by atoms with van der Waals surface area (Å²) in [5.74, 6) is -0.787. The number of thiophene rings is 1. The fourth-order valence-electron chi connectivity index (χ4n) is 4.51. The number of aromatic nitrogens is 1. The lowest BCUT2D eigenvalue weighted by atomic mass is 10.0. The molecule has 2 amide bonds. The first-order valence-corrected chi connectivity index (χ1v) is 12.0. The molecule has 3 aromatic rings. The van der Waals surface area contributed by atoms with Gasteiger partial charge >= 0.3 is 0 Å². The molecule has 8 nitrogen and oxygen atoms in total. The van der Waals surface area contributed by atoms with Crippen molar-refractivity contribution in [2.45, 2.75) is 31.0 Å². The highest BCUT2D eigenvalue weighted by atomic mass is 32.1. The molecule has 0 bridgehead atoms.